The number of aromatic nitrogens is 1. The van der Waals surface area contributed by atoms with Crippen molar-refractivity contribution in [2.24, 2.45) is 5.73 Å². The largest absolute Gasteiger partial charge is 0.455 e. The van der Waals surface area contributed by atoms with Crippen molar-refractivity contribution in [3.63, 3.8) is 0 Å². The molecule has 0 radical (unpaired) electrons. The molecule has 1 aromatic heterocycles. The molecule has 0 spiro atoms. The van der Waals surface area contributed by atoms with Gasteiger partial charge in [-0.2, -0.15) is 0 Å². The second kappa shape index (κ2) is 6.55. The van der Waals surface area contributed by atoms with Crippen molar-refractivity contribution in [2.45, 2.75) is 25.8 Å². The zero-order valence-electron chi connectivity index (χ0n) is 10.8. The number of nitrogens with zero attached hydrogens (tertiary/aromatic N) is 1. The minimum atomic E-state index is 0.123. The molecular formula is C15H17ClN2O. The predicted octanol–water partition coefficient (Wildman–Crippen LogP) is 3.81. The maximum atomic E-state index is 6.03. The van der Waals surface area contributed by atoms with Crippen LogP contribution in [-0.2, 0) is 6.42 Å². The van der Waals surface area contributed by atoms with Crippen LogP contribution in [0.3, 0.4) is 0 Å². The molecule has 0 fully saturated rings. The normalized spacial score (nSPS) is 12.2. The van der Waals surface area contributed by atoms with Crippen molar-refractivity contribution in [1.82, 2.24) is 4.98 Å². The highest BCUT2D eigenvalue weighted by Crippen LogP contribution is 2.29. The van der Waals surface area contributed by atoms with Gasteiger partial charge in [-0.3, -0.25) is 4.98 Å². The molecule has 0 aliphatic rings. The molecule has 1 aromatic carbocycles. The molecule has 1 heterocycles. The minimum absolute atomic E-state index is 0.123. The van der Waals surface area contributed by atoms with Crippen LogP contribution in [0.4, 0.5) is 0 Å². The lowest BCUT2D eigenvalue weighted by molar-refractivity contribution is 0.470. The van der Waals surface area contributed by atoms with Gasteiger partial charge in [-0.1, -0.05) is 24.6 Å². The number of hydrogen-bond acceptors (Lipinski definition) is 3. The first-order chi connectivity index (χ1) is 9.19. The van der Waals surface area contributed by atoms with Gasteiger partial charge in [0.2, 0.25) is 0 Å². The molecule has 3 nitrogen and oxygen atoms in total. The number of benzene rings is 1. The topological polar surface area (TPSA) is 48.1 Å². The number of ether oxygens (including phenoxy) is 1. The van der Waals surface area contributed by atoms with Gasteiger partial charge in [0.15, 0.2) is 0 Å². The summed E-state index contributed by atoms with van der Waals surface area (Å²) < 4.78 is 5.83. The fourth-order valence-electron chi connectivity index (χ4n) is 1.75. The van der Waals surface area contributed by atoms with E-state index in [4.69, 9.17) is 22.1 Å². The average Bonchev–Trinajstić information content (AvgIpc) is 2.43. The first-order valence-corrected chi connectivity index (χ1v) is 6.68. The van der Waals surface area contributed by atoms with E-state index in [1.165, 1.54) is 0 Å². The fourth-order valence-corrected chi connectivity index (χ4v) is 1.92. The van der Waals surface area contributed by atoms with E-state index in [9.17, 15) is 0 Å². The van der Waals surface area contributed by atoms with Gasteiger partial charge in [0.05, 0.1) is 6.20 Å². The quantitative estimate of drug-likeness (QED) is 0.903. The van der Waals surface area contributed by atoms with E-state index in [-0.39, 0.29) is 6.04 Å². The summed E-state index contributed by atoms with van der Waals surface area (Å²) in [5.74, 6) is 1.43. The van der Waals surface area contributed by atoms with Crippen molar-refractivity contribution >= 4 is 11.6 Å². The number of pyridine rings is 1. The van der Waals surface area contributed by atoms with Crippen molar-refractivity contribution in [3.8, 4) is 11.5 Å². The minimum Gasteiger partial charge on any atom is -0.455 e. The smallest absolute Gasteiger partial charge is 0.145 e. The summed E-state index contributed by atoms with van der Waals surface area (Å²) in [5, 5.41) is 0.646. The third-order valence-corrected chi connectivity index (χ3v) is 3.13. The Morgan fingerprint density at radius 2 is 2.21 bits per heavy atom. The highest BCUT2D eigenvalue weighted by molar-refractivity contribution is 6.30. The van der Waals surface area contributed by atoms with Crippen LogP contribution in [0.15, 0.2) is 42.7 Å². The molecule has 19 heavy (non-hydrogen) atoms. The summed E-state index contributed by atoms with van der Waals surface area (Å²) in [5.41, 5.74) is 7.06. The van der Waals surface area contributed by atoms with Crippen molar-refractivity contribution < 1.29 is 4.74 Å². The van der Waals surface area contributed by atoms with Gasteiger partial charge < -0.3 is 10.5 Å². The van der Waals surface area contributed by atoms with E-state index in [1.807, 2.05) is 30.3 Å². The van der Waals surface area contributed by atoms with E-state index in [0.29, 0.717) is 10.8 Å². The van der Waals surface area contributed by atoms with Crippen LogP contribution in [0, 0.1) is 0 Å². The number of halogens is 1. The molecule has 0 aliphatic carbocycles. The third-order valence-electron chi connectivity index (χ3n) is 2.90. The Morgan fingerprint density at radius 1 is 1.37 bits per heavy atom. The van der Waals surface area contributed by atoms with Crippen LogP contribution < -0.4 is 10.5 Å². The molecule has 0 saturated heterocycles. The SMILES string of the molecule is CCC(N)Cc1ccc(Cl)cc1Oc1cccnc1. The summed E-state index contributed by atoms with van der Waals surface area (Å²) in [4.78, 5) is 4.03. The number of hydrogen-bond donors (Lipinski definition) is 1. The lowest BCUT2D eigenvalue weighted by Gasteiger charge is -2.14. The summed E-state index contributed by atoms with van der Waals surface area (Å²) >= 11 is 6.03. The number of nitrogens with two attached hydrogens (primary N) is 1. The van der Waals surface area contributed by atoms with Gasteiger partial charge >= 0.3 is 0 Å². The van der Waals surface area contributed by atoms with Gasteiger partial charge in [-0.25, -0.2) is 0 Å². The zero-order chi connectivity index (χ0) is 13.7. The summed E-state index contributed by atoms with van der Waals surface area (Å²) in [6, 6.07) is 9.44. The summed E-state index contributed by atoms with van der Waals surface area (Å²) in [6.45, 7) is 2.07. The van der Waals surface area contributed by atoms with Crippen LogP contribution in [0.2, 0.25) is 5.02 Å². The third kappa shape index (κ3) is 3.94. The molecule has 2 N–H and O–H groups in total. The number of rotatable bonds is 5. The average molecular weight is 277 g/mol. The van der Waals surface area contributed by atoms with Crippen LogP contribution in [0.1, 0.15) is 18.9 Å². The van der Waals surface area contributed by atoms with E-state index in [1.54, 1.807) is 12.4 Å². The Kier molecular flexibility index (Phi) is 4.77. The molecule has 4 heteroatoms. The van der Waals surface area contributed by atoms with E-state index in [2.05, 4.69) is 11.9 Å². The first kappa shape index (κ1) is 13.8. The Labute approximate surface area is 118 Å². The standard InChI is InChI=1S/C15H17ClN2O/c1-2-13(17)8-11-5-6-12(16)9-15(11)19-14-4-3-7-18-10-14/h3-7,9-10,13H,2,8,17H2,1H3. The maximum Gasteiger partial charge on any atom is 0.145 e. The van der Waals surface area contributed by atoms with Crippen LogP contribution in [-0.4, -0.2) is 11.0 Å². The monoisotopic (exact) mass is 276 g/mol. The maximum absolute atomic E-state index is 6.03. The molecule has 100 valence electrons. The highest BCUT2D eigenvalue weighted by atomic mass is 35.5. The van der Waals surface area contributed by atoms with E-state index >= 15 is 0 Å². The molecule has 0 aliphatic heterocycles. The zero-order valence-corrected chi connectivity index (χ0v) is 11.6. The summed E-state index contributed by atoms with van der Waals surface area (Å²) in [6.07, 6.45) is 5.07. The second-order valence-corrected chi connectivity index (χ2v) is 4.85. The van der Waals surface area contributed by atoms with Crippen molar-refractivity contribution in [2.75, 3.05) is 0 Å². The fraction of sp³-hybridized carbons (Fsp3) is 0.267. The molecule has 1 atom stereocenters. The van der Waals surface area contributed by atoms with Crippen LogP contribution >= 0.6 is 11.6 Å². The Balaban J connectivity index is 2.24. The Bertz CT molecular complexity index is 531. The second-order valence-electron chi connectivity index (χ2n) is 4.42. The van der Waals surface area contributed by atoms with Crippen molar-refractivity contribution in [1.29, 1.82) is 0 Å². The molecule has 1 unspecified atom stereocenters. The molecule has 2 aromatic rings. The van der Waals surface area contributed by atoms with Gasteiger partial charge in [0.1, 0.15) is 11.5 Å². The van der Waals surface area contributed by atoms with Gasteiger partial charge in [-0.15, -0.1) is 0 Å². The van der Waals surface area contributed by atoms with Gasteiger partial charge in [-0.05, 0) is 42.7 Å². The van der Waals surface area contributed by atoms with Gasteiger partial charge in [0, 0.05) is 17.3 Å². The van der Waals surface area contributed by atoms with Crippen LogP contribution in [0.5, 0.6) is 11.5 Å². The van der Waals surface area contributed by atoms with E-state index < -0.39 is 0 Å². The van der Waals surface area contributed by atoms with E-state index in [0.717, 1.165) is 24.2 Å². The predicted molar refractivity (Wildman–Crippen MR) is 77.7 cm³/mol. The van der Waals surface area contributed by atoms with Crippen LogP contribution in [0.25, 0.3) is 0 Å². The molecule has 0 bridgehead atoms. The lowest BCUT2D eigenvalue weighted by atomic mass is 10.0. The summed E-state index contributed by atoms with van der Waals surface area (Å²) in [7, 11) is 0. The Hall–Kier alpha value is -1.58. The van der Waals surface area contributed by atoms with Crippen molar-refractivity contribution in [3.05, 3.63) is 53.3 Å². The molecular weight excluding hydrogens is 260 g/mol. The first-order valence-electron chi connectivity index (χ1n) is 6.31. The highest BCUT2D eigenvalue weighted by Gasteiger charge is 2.09. The molecule has 2 rings (SSSR count). The lowest BCUT2D eigenvalue weighted by Crippen LogP contribution is -2.21. The van der Waals surface area contributed by atoms with Gasteiger partial charge in [0.25, 0.3) is 0 Å². The molecule has 0 saturated carbocycles. The molecule has 0 amide bonds. The Morgan fingerprint density at radius 3 is 2.89 bits per heavy atom.